The second kappa shape index (κ2) is 5.60. The van der Waals surface area contributed by atoms with Gasteiger partial charge in [0.25, 0.3) is 11.8 Å². The predicted octanol–water partition coefficient (Wildman–Crippen LogP) is 2.03. The van der Waals surface area contributed by atoms with Crippen molar-refractivity contribution in [2.45, 2.75) is 6.42 Å². The number of fused-ring (bicyclic) bond motifs is 1. The lowest BCUT2D eigenvalue weighted by Crippen LogP contribution is -2.20. The number of amides is 3. The SMILES string of the molecule is O=C(Cc1c(F)cccc1F)Nc1ccc2c(c1)C(=O)NC2=O. The largest absolute Gasteiger partial charge is 0.326 e. The molecular weight excluding hydrogens is 306 g/mol. The van der Waals surface area contributed by atoms with Gasteiger partial charge in [-0.1, -0.05) is 6.07 Å². The van der Waals surface area contributed by atoms with E-state index >= 15 is 0 Å². The molecule has 2 N–H and O–H groups in total. The van der Waals surface area contributed by atoms with Crippen molar-refractivity contribution in [3.05, 3.63) is 64.7 Å². The van der Waals surface area contributed by atoms with Crippen molar-refractivity contribution >= 4 is 23.4 Å². The Labute approximate surface area is 129 Å². The average Bonchev–Trinajstić information content (AvgIpc) is 2.78. The summed E-state index contributed by atoms with van der Waals surface area (Å²) < 4.78 is 27.0. The Kier molecular flexibility index (Phi) is 3.61. The van der Waals surface area contributed by atoms with Gasteiger partial charge in [0, 0.05) is 11.3 Å². The minimum atomic E-state index is -0.806. The molecule has 0 saturated carbocycles. The van der Waals surface area contributed by atoms with E-state index in [2.05, 4.69) is 10.6 Å². The van der Waals surface area contributed by atoms with Crippen LogP contribution in [-0.2, 0) is 11.2 Å². The van der Waals surface area contributed by atoms with Crippen LogP contribution >= 0.6 is 0 Å². The summed E-state index contributed by atoms with van der Waals surface area (Å²) in [6.45, 7) is 0. The monoisotopic (exact) mass is 316 g/mol. The fourth-order valence-electron chi connectivity index (χ4n) is 2.31. The summed E-state index contributed by atoms with van der Waals surface area (Å²) in [5.41, 5.74) is 0.285. The van der Waals surface area contributed by atoms with Crippen LogP contribution < -0.4 is 10.6 Å². The zero-order valence-corrected chi connectivity index (χ0v) is 11.7. The number of hydrogen-bond acceptors (Lipinski definition) is 3. The quantitative estimate of drug-likeness (QED) is 0.851. The van der Waals surface area contributed by atoms with E-state index in [1.54, 1.807) is 0 Å². The lowest BCUT2D eigenvalue weighted by molar-refractivity contribution is -0.115. The Morgan fingerprint density at radius 2 is 1.65 bits per heavy atom. The Morgan fingerprint density at radius 3 is 2.35 bits per heavy atom. The fourth-order valence-corrected chi connectivity index (χ4v) is 2.31. The predicted molar refractivity (Wildman–Crippen MR) is 76.9 cm³/mol. The molecule has 0 atom stereocenters. The summed E-state index contributed by atoms with van der Waals surface area (Å²) >= 11 is 0. The van der Waals surface area contributed by atoms with E-state index in [1.165, 1.54) is 24.3 Å². The molecule has 0 bridgehead atoms. The molecule has 0 unspecified atom stereocenters. The van der Waals surface area contributed by atoms with E-state index in [4.69, 9.17) is 0 Å². The molecule has 1 aliphatic rings. The van der Waals surface area contributed by atoms with E-state index in [1.807, 2.05) is 0 Å². The number of carbonyl (C=O) groups is 3. The van der Waals surface area contributed by atoms with Gasteiger partial charge in [-0.3, -0.25) is 19.7 Å². The molecule has 1 heterocycles. The molecule has 0 aliphatic carbocycles. The highest BCUT2D eigenvalue weighted by molar-refractivity contribution is 6.22. The van der Waals surface area contributed by atoms with Crippen LogP contribution in [0.4, 0.5) is 14.5 Å². The van der Waals surface area contributed by atoms with Crippen LogP contribution in [0.3, 0.4) is 0 Å². The third-order valence-corrected chi connectivity index (χ3v) is 3.42. The van der Waals surface area contributed by atoms with Gasteiger partial charge in [-0.05, 0) is 30.3 Å². The van der Waals surface area contributed by atoms with Gasteiger partial charge in [0.15, 0.2) is 0 Å². The summed E-state index contributed by atoms with van der Waals surface area (Å²) in [5, 5.41) is 4.57. The van der Waals surface area contributed by atoms with E-state index in [0.717, 1.165) is 12.1 Å². The van der Waals surface area contributed by atoms with Gasteiger partial charge in [0.05, 0.1) is 17.5 Å². The van der Waals surface area contributed by atoms with E-state index in [0.29, 0.717) is 0 Å². The van der Waals surface area contributed by atoms with Crippen molar-refractivity contribution in [1.82, 2.24) is 5.32 Å². The summed E-state index contributed by atoms with van der Waals surface area (Å²) in [4.78, 5) is 34.9. The maximum Gasteiger partial charge on any atom is 0.259 e. The van der Waals surface area contributed by atoms with Crippen LogP contribution in [0.15, 0.2) is 36.4 Å². The van der Waals surface area contributed by atoms with Crippen LogP contribution in [0.1, 0.15) is 26.3 Å². The Balaban J connectivity index is 1.78. The topological polar surface area (TPSA) is 75.3 Å². The summed E-state index contributed by atoms with van der Waals surface area (Å²) in [6, 6.07) is 7.52. The minimum Gasteiger partial charge on any atom is -0.326 e. The molecular formula is C16H10F2N2O3. The Morgan fingerprint density at radius 1 is 1.00 bits per heavy atom. The van der Waals surface area contributed by atoms with Gasteiger partial charge >= 0.3 is 0 Å². The van der Waals surface area contributed by atoms with Crippen molar-refractivity contribution < 1.29 is 23.2 Å². The number of benzene rings is 2. The number of rotatable bonds is 3. The van der Waals surface area contributed by atoms with Gasteiger partial charge in [0.2, 0.25) is 5.91 Å². The Hall–Kier alpha value is -3.09. The highest BCUT2D eigenvalue weighted by atomic mass is 19.1. The molecule has 23 heavy (non-hydrogen) atoms. The van der Waals surface area contributed by atoms with Gasteiger partial charge in [-0.25, -0.2) is 8.78 Å². The molecule has 0 aromatic heterocycles. The third kappa shape index (κ3) is 2.80. The van der Waals surface area contributed by atoms with Gasteiger partial charge in [-0.2, -0.15) is 0 Å². The molecule has 1 aliphatic heterocycles. The van der Waals surface area contributed by atoms with E-state index < -0.39 is 35.8 Å². The highest BCUT2D eigenvalue weighted by Crippen LogP contribution is 2.21. The molecule has 5 nitrogen and oxygen atoms in total. The van der Waals surface area contributed by atoms with Crippen LogP contribution in [0.2, 0.25) is 0 Å². The average molecular weight is 316 g/mol. The normalized spacial score (nSPS) is 12.8. The number of carbonyl (C=O) groups excluding carboxylic acids is 3. The van der Waals surface area contributed by atoms with Crippen molar-refractivity contribution in [3.8, 4) is 0 Å². The molecule has 3 amide bonds. The molecule has 2 aromatic carbocycles. The van der Waals surface area contributed by atoms with Gasteiger partial charge in [0.1, 0.15) is 11.6 Å². The molecule has 0 spiro atoms. The molecule has 0 radical (unpaired) electrons. The second-order valence-corrected chi connectivity index (χ2v) is 4.97. The summed E-state index contributed by atoms with van der Waals surface area (Å²) in [5.74, 6) is -3.31. The van der Waals surface area contributed by atoms with Crippen LogP contribution in [0.5, 0.6) is 0 Å². The van der Waals surface area contributed by atoms with Crippen LogP contribution in [0, 0.1) is 11.6 Å². The maximum absolute atomic E-state index is 13.5. The maximum atomic E-state index is 13.5. The standard InChI is InChI=1S/C16H10F2N2O3/c17-12-2-1-3-13(18)11(12)7-14(21)19-8-4-5-9-10(6-8)16(23)20-15(9)22/h1-6H,7H2,(H,19,21)(H,20,22,23). The fraction of sp³-hybridized carbons (Fsp3) is 0.0625. The highest BCUT2D eigenvalue weighted by Gasteiger charge is 2.26. The first kappa shape index (κ1) is 14.8. The molecule has 116 valence electrons. The first-order chi connectivity index (χ1) is 11.0. The molecule has 0 saturated heterocycles. The Bertz CT molecular complexity index is 829. The van der Waals surface area contributed by atoms with Gasteiger partial charge < -0.3 is 5.32 Å². The number of imide groups is 1. The molecule has 0 fully saturated rings. The lowest BCUT2D eigenvalue weighted by atomic mass is 10.1. The zero-order valence-electron chi connectivity index (χ0n) is 11.7. The molecule has 7 heteroatoms. The second-order valence-electron chi connectivity index (χ2n) is 4.97. The number of nitrogens with one attached hydrogen (secondary N) is 2. The van der Waals surface area contributed by atoms with E-state index in [9.17, 15) is 23.2 Å². The summed E-state index contributed by atoms with van der Waals surface area (Å²) in [7, 11) is 0. The third-order valence-electron chi connectivity index (χ3n) is 3.42. The van der Waals surface area contributed by atoms with Crippen molar-refractivity contribution in [2.24, 2.45) is 0 Å². The lowest BCUT2D eigenvalue weighted by Gasteiger charge is -2.07. The number of hydrogen-bond donors (Lipinski definition) is 2. The zero-order chi connectivity index (χ0) is 16.6. The smallest absolute Gasteiger partial charge is 0.259 e. The number of halogens is 2. The van der Waals surface area contributed by atoms with Gasteiger partial charge in [-0.15, -0.1) is 0 Å². The summed E-state index contributed by atoms with van der Waals surface area (Å²) in [6.07, 6.45) is -0.485. The van der Waals surface area contributed by atoms with Crippen molar-refractivity contribution in [1.29, 1.82) is 0 Å². The number of anilines is 1. The van der Waals surface area contributed by atoms with Crippen LogP contribution in [0.25, 0.3) is 0 Å². The van der Waals surface area contributed by atoms with Crippen molar-refractivity contribution in [3.63, 3.8) is 0 Å². The molecule has 3 rings (SSSR count). The van der Waals surface area contributed by atoms with Crippen LogP contribution in [-0.4, -0.2) is 17.7 Å². The first-order valence-electron chi connectivity index (χ1n) is 6.68. The molecule has 2 aromatic rings. The van der Waals surface area contributed by atoms with Crippen molar-refractivity contribution in [2.75, 3.05) is 5.32 Å². The first-order valence-corrected chi connectivity index (χ1v) is 6.68. The van der Waals surface area contributed by atoms with E-state index in [-0.39, 0.29) is 22.4 Å². The minimum absolute atomic E-state index is 0.143.